The summed E-state index contributed by atoms with van der Waals surface area (Å²) in [6, 6.07) is 0.439. The smallest absolute Gasteiger partial charge is 0.220 e. The highest BCUT2D eigenvalue weighted by molar-refractivity contribution is 5.77. The van der Waals surface area contributed by atoms with Crippen molar-refractivity contribution in [3.63, 3.8) is 0 Å². The number of nitrogens with one attached hydrogen (secondary N) is 1. The molecular formula is C13H26N2O. The molecule has 0 heterocycles. The Morgan fingerprint density at radius 2 is 1.88 bits per heavy atom. The topological polar surface area (TPSA) is 55.1 Å². The van der Waals surface area contributed by atoms with Gasteiger partial charge in [0, 0.05) is 18.0 Å². The number of nitrogens with two attached hydrogens (primary N) is 1. The molecule has 0 atom stereocenters. The van der Waals surface area contributed by atoms with Gasteiger partial charge >= 0.3 is 0 Å². The SMILES string of the molecule is CC(C)(N)CC(C)(C)CC(=O)NC1CCC1. The Morgan fingerprint density at radius 3 is 2.25 bits per heavy atom. The van der Waals surface area contributed by atoms with E-state index in [4.69, 9.17) is 5.73 Å². The first-order valence-corrected chi connectivity index (χ1v) is 6.26. The third kappa shape index (κ3) is 4.97. The van der Waals surface area contributed by atoms with Crippen molar-refractivity contribution < 1.29 is 4.79 Å². The summed E-state index contributed by atoms with van der Waals surface area (Å²) < 4.78 is 0. The number of hydrogen-bond donors (Lipinski definition) is 2. The number of hydrogen-bond acceptors (Lipinski definition) is 2. The van der Waals surface area contributed by atoms with E-state index in [2.05, 4.69) is 19.2 Å². The Labute approximate surface area is 99.2 Å². The van der Waals surface area contributed by atoms with Gasteiger partial charge < -0.3 is 11.1 Å². The van der Waals surface area contributed by atoms with Gasteiger partial charge in [-0.3, -0.25) is 4.79 Å². The van der Waals surface area contributed by atoms with Gasteiger partial charge in [-0.2, -0.15) is 0 Å². The minimum atomic E-state index is -0.208. The van der Waals surface area contributed by atoms with Crippen LogP contribution in [0.25, 0.3) is 0 Å². The van der Waals surface area contributed by atoms with E-state index in [0.29, 0.717) is 12.5 Å². The quantitative estimate of drug-likeness (QED) is 0.755. The van der Waals surface area contributed by atoms with Crippen LogP contribution in [0, 0.1) is 5.41 Å². The van der Waals surface area contributed by atoms with Crippen LogP contribution in [0.15, 0.2) is 0 Å². The summed E-state index contributed by atoms with van der Waals surface area (Å²) in [7, 11) is 0. The van der Waals surface area contributed by atoms with Crippen LogP contribution in [0.5, 0.6) is 0 Å². The molecule has 3 N–H and O–H groups in total. The number of carbonyl (C=O) groups excluding carboxylic acids is 1. The normalized spacial score (nSPS) is 18.1. The van der Waals surface area contributed by atoms with E-state index in [0.717, 1.165) is 19.3 Å². The molecule has 0 aromatic rings. The van der Waals surface area contributed by atoms with Gasteiger partial charge in [-0.1, -0.05) is 13.8 Å². The van der Waals surface area contributed by atoms with Crippen molar-refractivity contribution in [3.8, 4) is 0 Å². The molecule has 1 fully saturated rings. The van der Waals surface area contributed by atoms with Crippen LogP contribution >= 0.6 is 0 Å². The summed E-state index contributed by atoms with van der Waals surface area (Å²) in [5, 5.41) is 3.08. The first-order valence-electron chi connectivity index (χ1n) is 6.26. The maximum atomic E-state index is 11.8. The molecule has 1 aliphatic rings. The third-order valence-electron chi connectivity index (χ3n) is 3.04. The summed E-state index contributed by atoms with van der Waals surface area (Å²) in [6.07, 6.45) is 4.98. The molecule has 94 valence electrons. The van der Waals surface area contributed by atoms with E-state index < -0.39 is 0 Å². The first kappa shape index (κ1) is 13.5. The first-order chi connectivity index (χ1) is 7.18. The zero-order valence-corrected chi connectivity index (χ0v) is 11.1. The highest BCUT2D eigenvalue weighted by Gasteiger charge is 2.29. The lowest BCUT2D eigenvalue weighted by molar-refractivity contribution is -0.124. The maximum absolute atomic E-state index is 11.8. The molecule has 0 bridgehead atoms. The van der Waals surface area contributed by atoms with E-state index in [1.165, 1.54) is 6.42 Å². The van der Waals surface area contributed by atoms with E-state index in [1.807, 2.05) is 13.8 Å². The number of amides is 1. The van der Waals surface area contributed by atoms with Gasteiger partial charge in [0.2, 0.25) is 5.91 Å². The van der Waals surface area contributed by atoms with E-state index >= 15 is 0 Å². The van der Waals surface area contributed by atoms with Crippen LogP contribution in [-0.2, 0) is 4.79 Å². The third-order valence-corrected chi connectivity index (χ3v) is 3.04. The van der Waals surface area contributed by atoms with Crippen LogP contribution < -0.4 is 11.1 Å². The average molecular weight is 226 g/mol. The molecule has 0 spiro atoms. The Morgan fingerprint density at radius 1 is 1.31 bits per heavy atom. The molecule has 3 nitrogen and oxygen atoms in total. The van der Waals surface area contributed by atoms with Crippen molar-refractivity contribution in [2.24, 2.45) is 11.1 Å². The Hall–Kier alpha value is -0.570. The van der Waals surface area contributed by atoms with Crippen molar-refractivity contribution in [2.45, 2.75) is 71.4 Å². The second-order valence-electron chi connectivity index (χ2n) is 6.70. The van der Waals surface area contributed by atoms with Gasteiger partial charge in [0.1, 0.15) is 0 Å². The van der Waals surface area contributed by atoms with Crippen molar-refractivity contribution in [2.75, 3.05) is 0 Å². The molecule has 1 rings (SSSR count). The number of rotatable bonds is 5. The molecule has 0 aromatic carbocycles. The predicted octanol–water partition coefficient (Wildman–Crippen LogP) is 2.20. The Balaban J connectivity index is 2.35. The maximum Gasteiger partial charge on any atom is 0.220 e. The fourth-order valence-corrected chi connectivity index (χ4v) is 2.56. The van der Waals surface area contributed by atoms with Gasteiger partial charge in [0.25, 0.3) is 0 Å². The molecule has 3 heteroatoms. The van der Waals surface area contributed by atoms with Crippen LogP contribution in [0.1, 0.15) is 59.8 Å². The zero-order chi connectivity index (χ0) is 12.4. The van der Waals surface area contributed by atoms with Crippen molar-refractivity contribution >= 4 is 5.91 Å². The molecule has 1 amide bonds. The highest BCUT2D eigenvalue weighted by atomic mass is 16.1. The van der Waals surface area contributed by atoms with Gasteiger partial charge in [0.15, 0.2) is 0 Å². The van der Waals surface area contributed by atoms with Gasteiger partial charge in [-0.25, -0.2) is 0 Å². The Bertz CT molecular complexity index is 249. The minimum Gasteiger partial charge on any atom is -0.353 e. The van der Waals surface area contributed by atoms with Crippen LogP contribution in [-0.4, -0.2) is 17.5 Å². The highest BCUT2D eigenvalue weighted by Crippen LogP contribution is 2.30. The molecule has 0 radical (unpaired) electrons. The fourth-order valence-electron chi connectivity index (χ4n) is 2.56. The van der Waals surface area contributed by atoms with Crippen LogP contribution in [0.2, 0.25) is 0 Å². The van der Waals surface area contributed by atoms with E-state index in [-0.39, 0.29) is 16.9 Å². The van der Waals surface area contributed by atoms with E-state index in [1.54, 1.807) is 0 Å². The van der Waals surface area contributed by atoms with Gasteiger partial charge in [-0.05, 0) is 44.9 Å². The second-order valence-corrected chi connectivity index (χ2v) is 6.70. The summed E-state index contributed by atoms with van der Waals surface area (Å²) >= 11 is 0. The lowest BCUT2D eigenvalue weighted by Gasteiger charge is -2.33. The van der Waals surface area contributed by atoms with Gasteiger partial charge in [0.05, 0.1) is 0 Å². The van der Waals surface area contributed by atoms with Crippen LogP contribution in [0.3, 0.4) is 0 Å². The van der Waals surface area contributed by atoms with E-state index in [9.17, 15) is 4.79 Å². The summed E-state index contributed by atoms with van der Waals surface area (Å²) in [5.41, 5.74) is 5.77. The summed E-state index contributed by atoms with van der Waals surface area (Å²) in [6.45, 7) is 8.25. The number of carbonyl (C=O) groups is 1. The predicted molar refractivity (Wildman–Crippen MR) is 67.1 cm³/mol. The lowest BCUT2D eigenvalue weighted by atomic mass is 9.78. The molecule has 1 saturated carbocycles. The monoisotopic (exact) mass is 226 g/mol. The Kier molecular flexibility index (Phi) is 4.00. The second kappa shape index (κ2) is 4.74. The lowest BCUT2D eigenvalue weighted by Crippen LogP contribution is -2.43. The van der Waals surface area contributed by atoms with Crippen LogP contribution in [0.4, 0.5) is 0 Å². The van der Waals surface area contributed by atoms with Gasteiger partial charge in [-0.15, -0.1) is 0 Å². The molecule has 1 aliphatic carbocycles. The molecule has 0 unspecified atom stereocenters. The summed E-state index contributed by atoms with van der Waals surface area (Å²) in [5.74, 6) is 0.180. The average Bonchev–Trinajstić information content (AvgIpc) is 1.90. The standard InChI is InChI=1S/C13H26N2O/c1-12(2,9-13(3,4)14)8-11(16)15-10-6-5-7-10/h10H,5-9,14H2,1-4H3,(H,15,16). The molecule has 0 aliphatic heterocycles. The van der Waals surface area contributed by atoms with Crippen molar-refractivity contribution in [1.29, 1.82) is 0 Å². The molecular weight excluding hydrogens is 200 g/mol. The van der Waals surface area contributed by atoms with Crippen molar-refractivity contribution in [1.82, 2.24) is 5.32 Å². The largest absolute Gasteiger partial charge is 0.353 e. The molecule has 0 saturated heterocycles. The molecule has 0 aromatic heterocycles. The van der Waals surface area contributed by atoms with Crippen molar-refractivity contribution in [3.05, 3.63) is 0 Å². The summed E-state index contributed by atoms with van der Waals surface area (Å²) in [4.78, 5) is 11.8. The minimum absolute atomic E-state index is 0.0217. The zero-order valence-electron chi connectivity index (χ0n) is 11.1. The molecule has 16 heavy (non-hydrogen) atoms. The fraction of sp³-hybridized carbons (Fsp3) is 0.923.